The van der Waals surface area contributed by atoms with E-state index in [0.717, 1.165) is 5.69 Å². The van der Waals surface area contributed by atoms with Gasteiger partial charge in [0.15, 0.2) is 12.4 Å². The number of carbonyl (C=O) groups is 1. The smallest absolute Gasteiger partial charge is 0.254 e. The Morgan fingerprint density at radius 2 is 2.13 bits per heavy atom. The number of amides is 1. The van der Waals surface area contributed by atoms with Gasteiger partial charge in [0.05, 0.1) is 17.6 Å². The highest BCUT2D eigenvalue weighted by molar-refractivity contribution is 5.98. The number of hydrogen-bond donors (Lipinski definition) is 1. The summed E-state index contributed by atoms with van der Waals surface area (Å²) in [6.45, 7) is 1.97. The summed E-state index contributed by atoms with van der Waals surface area (Å²) in [6, 6.07) is 7.16. The number of methoxy groups -OCH3 is 1. The third kappa shape index (κ3) is 2.84. The number of rotatable bonds is 5. The largest absolute Gasteiger partial charge is 0.451 e. The molecule has 0 saturated heterocycles. The average molecular weight is 313 g/mol. The molecule has 0 unspecified atom stereocenters. The van der Waals surface area contributed by atoms with Gasteiger partial charge in [-0.25, -0.2) is 14.5 Å². The van der Waals surface area contributed by atoms with Crippen LogP contribution < -0.4 is 10.5 Å². The van der Waals surface area contributed by atoms with Crippen LogP contribution in [0.3, 0.4) is 0 Å². The predicted octanol–water partition coefficient (Wildman–Crippen LogP) is 1.18. The van der Waals surface area contributed by atoms with Crippen molar-refractivity contribution < 1.29 is 14.3 Å². The maximum atomic E-state index is 11.5. The molecule has 3 heterocycles. The molecule has 8 nitrogen and oxygen atoms in total. The van der Waals surface area contributed by atoms with Crippen molar-refractivity contribution in [1.82, 2.24) is 19.6 Å². The number of aromatic nitrogens is 4. The van der Waals surface area contributed by atoms with Crippen LogP contribution in [-0.2, 0) is 4.74 Å². The standard InChI is InChI=1S/C15H15N5O3/c1-9-6-12(11-4-3-5-13(18-11)23-8-22-2)19-15-10(14(16)21)7-17-20(9)15/h3-7H,8H2,1-2H3,(H2,16,21). The Labute approximate surface area is 131 Å². The second-order valence-electron chi connectivity index (χ2n) is 4.85. The van der Waals surface area contributed by atoms with E-state index in [9.17, 15) is 4.79 Å². The van der Waals surface area contributed by atoms with Crippen molar-refractivity contribution in [2.24, 2.45) is 5.73 Å². The highest BCUT2D eigenvalue weighted by Crippen LogP contribution is 2.21. The number of primary amides is 1. The second kappa shape index (κ2) is 6.01. The number of fused-ring (bicyclic) bond motifs is 1. The summed E-state index contributed by atoms with van der Waals surface area (Å²) in [6.07, 6.45) is 1.41. The molecular formula is C15H15N5O3. The third-order valence-corrected chi connectivity index (χ3v) is 3.23. The van der Waals surface area contributed by atoms with Gasteiger partial charge in [-0.15, -0.1) is 0 Å². The number of hydrogen-bond acceptors (Lipinski definition) is 6. The quantitative estimate of drug-likeness (QED) is 0.709. The molecule has 0 aromatic carbocycles. The zero-order valence-electron chi connectivity index (χ0n) is 12.7. The SMILES string of the molecule is COCOc1cccc(-c2cc(C)n3ncc(C(N)=O)c3n2)n1. The normalized spacial score (nSPS) is 10.9. The van der Waals surface area contributed by atoms with E-state index in [-0.39, 0.29) is 12.4 Å². The molecule has 0 aliphatic heterocycles. The minimum Gasteiger partial charge on any atom is -0.451 e. The predicted molar refractivity (Wildman–Crippen MR) is 82.0 cm³/mol. The zero-order chi connectivity index (χ0) is 16.4. The summed E-state index contributed by atoms with van der Waals surface area (Å²) in [5.74, 6) is -0.151. The molecule has 0 radical (unpaired) electrons. The lowest BCUT2D eigenvalue weighted by atomic mass is 10.2. The number of carbonyl (C=O) groups excluding carboxylic acids is 1. The van der Waals surface area contributed by atoms with Crippen molar-refractivity contribution in [2.45, 2.75) is 6.92 Å². The Bertz CT molecular complexity index is 875. The number of nitrogens with zero attached hydrogens (tertiary/aromatic N) is 4. The monoisotopic (exact) mass is 313 g/mol. The van der Waals surface area contributed by atoms with Crippen LogP contribution in [0.15, 0.2) is 30.5 Å². The number of nitrogens with two attached hydrogens (primary N) is 1. The molecule has 0 fully saturated rings. The molecule has 23 heavy (non-hydrogen) atoms. The zero-order valence-corrected chi connectivity index (χ0v) is 12.7. The number of ether oxygens (including phenoxy) is 2. The second-order valence-corrected chi connectivity index (χ2v) is 4.85. The third-order valence-electron chi connectivity index (χ3n) is 3.23. The molecule has 0 aliphatic carbocycles. The lowest BCUT2D eigenvalue weighted by Crippen LogP contribution is -2.11. The van der Waals surface area contributed by atoms with E-state index in [1.54, 1.807) is 22.7 Å². The first-order chi connectivity index (χ1) is 11.1. The lowest BCUT2D eigenvalue weighted by Gasteiger charge is -2.07. The van der Waals surface area contributed by atoms with Gasteiger partial charge in [0.25, 0.3) is 5.91 Å². The van der Waals surface area contributed by atoms with E-state index in [1.165, 1.54) is 13.3 Å². The molecule has 3 aromatic rings. The topological polar surface area (TPSA) is 105 Å². The molecule has 8 heteroatoms. The van der Waals surface area contributed by atoms with Crippen LogP contribution in [0, 0.1) is 6.92 Å². The molecule has 0 bridgehead atoms. The molecule has 2 N–H and O–H groups in total. The average Bonchev–Trinajstić information content (AvgIpc) is 2.98. The van der Waals surface area contributed by atoms with E-state index in [0.29, 0.717) is 22.9 Å². The summed E-state index contributed by atoms with van der Waals surface area (Å²) < 4.78 is 11.8. The Morgan fingerprint density at radius 1 is 1.30 bits per heavy atom. The van der Waals surface area contributed by atoms with Crippen molar-refractivity contribution in [3.8, 4) is 17.3 Å². The Hall–Kier alpha value is -3.00. The fraction of sp³-hybridized carbons (Fsp3) is 0.200. The minimum atomic E-state index is -0.575. The molecule has 3 rings (SSSR count). The molecule has 1 amide bonds. The minimum absolute atomic E-state index is 0.108. The maximum absolute atomic E-state index is 11.5. The molecule has 0 spiro atoms. The van der Waals surface area contributed by atoms with Gasteiger partial charge >= 0.3 is 0 Å². The first kappa shape index (κ1) is 14.9. The summed E-state index contributed by atoms with van der Waals surface area (Å²) in [7, 11) is 1.54. The highest BCUT2D eigenvalue weighted by atomic mass is 16.7. The Morgan fingerprint density at radius 3 is 2.87 bits per heavy atom. The van der Waals surface area contributed by atoms with Gasteiger partial charge in [-0.05, 0) is 19.1 Å². The van der Waals surface area contributed by atoms with Gasteiger partial charge in [0.2, 0.25) is 5.88 Å². The Balaban J connectivity index is 2.09. The first-order valence-electron chi connectivity index (χ1n) is 6.84. The van der Waals surface area contributed by atoms with Crippen molar-refractivity contribution in [3.63, 3.8) is 0 Å². The molecule has 0 atom stereocenters. The lowest BCUT2D eigenvalue weighted by molar-refractivity contribution is 0.0479. The van der Waals surface area contributed by atoms with Gasteiger partial charge in [0, 0.05) is 18.9 Å². The number of pyridine rings is 1. The van der Waals surface area contributed by atoms with Crippen LogP contribution >= 0.6 is 0 Å². The van der Waals surface area contributed by atoms with E-state index < -0.39 is 5.91 Å². The van der Waals surface area contributed by atoms with Gasteiger partial charge < -0.3 is 15.2 Å². The summed E-state index contributed by atoms with van der Waals surface area (Å²) in [4.78, 5) is 20.3. The fourth-order valence-electron chi connectivity index (χ4n) is 2.18. The molecular weight excluding hydrogens is 298 g/mol. The van der Waals surface area contributed by atoms with E-state index >= 15 is 0 Å². The number of aryl methyl sites for hydroxylation is 1. The van der Waals surface area contributed by atoms with E-state index in [2.05, 4.69) is 15.1 Å². The van der Waals surface area contributed by atoms with Crippen LogP contribution in [0.4, 0.5) is 0 Å². The molecule has 0 saturated carbocycles. The van der Waals surface area contributed by atoms with Crippen molar-refractivity contribution >= 4 is 11.6 Å². The molecule has 118 valence electrons. The van der Waals surface area contributed by atoms with Crippen LogP contribution in [0.2, 0.25) is 0 Å². The summed E-state index contributed by atoms with van der Waals surface area (Å²) in [5.41, 5.74) is 8.04. The van der Waals surface area contributed by atoms with Gasteiger partial charge in [-0.1, -0.05) is 6.07 Å². The first-order valence-corrected chi connectivity index (χ1v) is 6.84. The van der Waals surface area contributed by atoms with Gasteiger partial charge in [-0.2, -0.15) is 5.10 Å². The van der Waals surface area contributed by atoms with Crippen LogP contribution in [0.25, 0.3) is 17.0 Å². The molecule has 3 aromatic heterocycles. The van der Waals surface area contributed by atoms with Crippen LogP contribution in [0.5, 0.6) is 5.88 Å². The van der Waals surface area contributed by atoms with Gasteiger partial charge in [-0.3, -0.25) is 4.79 Å². The Kier molecular flexibility index (Phi) is 3.90. The summed E-state index contributed by atoms with van der Waals surface area (Å²) >= 11 is 0. The fourth-order valence-corrected chi connectivity index (χ4v) is 2.18. The van der Waals surface area contributed by atoms with Gasteiger partial charge in [0.1, 0.15) is 5.56 Å². The van der Waals surface area contributed by atoms with Crippen LogP contribution in [-0.4, -0.2) is 39.4 Å². The van der Waals surface area contributed by atoms with E-state index in [4.69, 9.17) is 15.2 Å². The summed E-state index contributed by atoms with van der Waals surface area (Å²) in [5, 5.41) is 4.12. The van der Waals surface area contributed by atoms with Crippen molar-refractivity contribution in [1.29, 1.82) is 0 Å². The van der Waals surface area contributed by atoms with E-state index in [1.807, 2.05) is 13.0 Å². The maximum Gasteiger partial charge on any atom is 0.254 e. The van der Waals surface area contributed by atoms with Crippen LogP contribution in [0.1, 0.15) is 16.1 Å². The van der Waals surface area contributed by atoms with Crippen molar-refractivity contribution in [3.05, 3.63) is 41.7 Å². The highest BCUT2D eigenvalue weighted by Gasteiger charge is 2.14. The molecule has 0 aliphatic rings. The van der Waals surface area contributed by atoms with Crippen molar-refractivity contribution in [2.75, 3.05) is 13.9 Å².